The average Bonchev–Trinajstić information content (AvgIpc) is 3.06. The van der Waals surface area contributed by atoms with E-state index in [9.17, 15) is 9.59 Å². The maximum absolute atomic E-state index is 12.2. The smallest absolute Gasteiger partial charge is 0.251 e. The molecule has 1 fully saturated rings. The number of H-pyrrole nitrogens is 1. The molecule has 2 aliphatic rings. The van der Waals surface area contributed by atoms with Crippen molar-refractivity contribution in [1.29, 1.82) is 0 Å². The second-order valence-electron chi connectivity index (χ2n) is 7.27. The van der Waals surface area contributed by atoms with Crippen molar-refractivity contribution in [2.24, 2.45) is 0 Å². The Bertz CT molecular complexity index is 821. The number of rotatable bonds is 5. The molecule has 0 unspecified atom stereocenters. The zero-order valence-electron chi connectivity index (χ0n) is 15.1. The van der Waals surface area contributed by atoms with Crippen LogP contribution in [0.5, 0.6) is 0 Å². The fourth-order valence-corrected chi connectivity index (χ4v) is 4.15. The number of fused-ring (bicyclic) bond motifs is 3. The number of aromatic amines is 1. The molecule has 0 atom stereocenters. The van der Waals surface area contributed by atoms with Crippen LogP contribution in [0.2, 0.25) is 0 Å². The first-order valence-electron chi connectivity index (χ1n) is 9.61. The predicted molar refractivity (Wildman–Crippen MR) is 101 cm³/mol. The van der Waals surface area contributed by atoms with Gasteiger partial charge in [-0.2, -0.15) is 0 Å². The highest BCUT2D eigenvalue weighted by atomic mass is 16.2. The second-order valence-corrected chi connectivity index (χ2v) is 7.27. The van der Waals surface area contributed by atoms with E-state index in [0.717, 1.165) is 48.0 Å². The van der Waals surface area contributed by atoms with Gasteiger partial charge in [0.25, 0.3) is 5.91 Å². The van der Waals surface area contributed by atoms with Gasteiger partial charge in [0.05, 0.1) is 6.54 Å². The molecule has 2 aromatic rings. The number of carbonyl (C=O) groups is 2. The van der Waals surface area contributed by atoms with E-state index in [1.54, 1.807) is 0 Å². The third kappa shape index (κ3) is 3.46. The van der Waals surface area contributed by atoms with Gasteiger partial charge in [-0.3, -0.25) is 14.5 Å². The minimum absolute atomic E-state index is 0.00938. The molecule has 6 nitrogen and oxygen atoms in total. The Labute approximate surface area is 153 Å². The van der Waals surface area contributed by atoms with Crippen molar-refractivity contribution >= 4 is 22.7 Å². The molecule has 2 amide bonds. The van der Waals surface area contributed by atoms with Crippen LogP contribution in [0.25, 0.3) is 10.9 Å². The Kier molecular flexibility index (Phi) is 4.93. The SMILES string of the molecule is O=C(CN1CCCCC1)NCCc1c[nH]c2ccc3c(c12)CCNC3=O. The van der Waals surface area contributed by atoms with Crippen LogP contribution < -0.4 is 10.6 Å². The number of nitrogens with zero attached hydrogens (tertiary/aromatic N) is 1. The van der Waals surface area contributed by atoms with Crippen molar-refractivity contribution in [3.63, 3.8) is 0 Å². The first-order chi connectivity index (χ1) is 12.7. The highest BCUT2D eigenvalue weighted by Crippen LogP contribution is 2.28. The van der Waals surface area contributed by atoms with Gasteiger partial charge in [-0.05, 0) is 62.0 Å². The third-order valence-electron chi connectivity index (χ3n) is 5.47. The van der Waals surface area contributed by atoms with Crippen molar-refractivity contribution in [3.8, 4) is 0 Å². The standard InChI is InChI=1S/C20H26N4O2/c25-18(13-24-10-2-1-3-11-24)21-8-6-14-12-23-17-5-4-16-15(19(14)17)7-9-22-20(16)26/h4-5,12,23H,1-3,6-11,13H2,(H,21,25)(H,22,26). The van der Waals surface area contributed by atoms with E-state index in [1.807, 2.05) is 18.3 Å². The minimum Gasteiger partial charge on any atom is -0.361 e. The van der Waals surface area contributed by atoms with E-state index in [2.05, 4.69) is 20.5 Å². The van der Waals surface area contributed by atoms with Gasteiger partial charge in [-0.15, -0.1) is 0 Å². The molecule has 138 valence electrons. The molecule has 3 N–H and O–H groups in total. The van der Waals surface area contributed by atoms with Gasteiger partial charge >= 0.3 is 0 Å². The maximum Gasteiger partial charge on any atom is 0.251 e. The number of amides is 2. The highest BCUT2D eigenvalue weighted by Gasteiger charge is 2.21. The van der Waals surface area contributed by atoms with E-state index < -0.39 is 0 Å². The Morgan fingerprint density at radius 3 is 2.88 bits per heavy atom. The molecule has 3 heterocycles. The molecule has 2 aliphatic heterocycles. The van der Waals surface area contributed by atoms with Crippen molar-refractivity contribution < 1.29 is 9.59 Å². The molecule has 26 heavy (non-hydrogen) atoms. The average molecular weight is 354 g/mol. The number of hydrogen-bond acceptors (Lipinski definition) is 3. The van der Waals surface area contributed by atoms with E-state index in [-0.39, 0.29) is 11.8 Å². The van der Waals surface area contributed by atoms with Crippen LogP contribution in [0.3, 0.4) is 0 Å². The van der Waals surface area contributed by atoms with Gasteiger partial charge < -0.3 is 15.6 Å². The summed E-state index contributed by atoms with van der Waals surface area (Å²) < 4.78 is 0. The quantitative estimate of drug-likeness (QED) is 0.763. The molecule has 1 aromatic heterocycles. The Morgan fingerprint density at radius 2 is 2.04 bits per heavy atom. The van der Waals surface area contributed by atoms with Crippen LogP contribution in [-0.4, -0.2) is 54.4 Å². The lowest BCUT2D eigenvalue weighted by atomic mass is 9.94. The first kappa shape index (κ1) is 17.1. The molecule has 0 bridgehead atoms. The van der Waals surface area contributed by atoms with Gasteiger partial charge in [0.1, 0.15) is 0 Å². The van der Waals surface area contributed by atoms with Gasteiger partial charge in [-0.25, -0.2) is 0 Å². The topological polar surface area (TPSA) is 77.2 Å². The Balaban J connectivity index is 1.40. The lowest BCUT2D eigenvalue weighted by Gasteiger charge is -2.25. The van der Waals surface area contributed by atoms with E-state index in [1.165, 1.54) is 24.8 Å². The zero-order chi connectivity index (χ0) is 17.9. The second kappa shape index (κ2) is 7.50. The van der Waals surface area contributed by atoms with Gasteiger partial charge in [-0.1, -0.05) is 6.42 Å². The van der Waals surface area contributed by atoms with Crippen LogP contribution >= 0.6 is 0 Å². The molecule has 0 radical (unpaired) electrons. The summed E-state index contributed by atoms with van der Waals surface area (Å²) in [7, 11) is 0. The molecule has 6 heteroatoms. The summed E-state index contributed by atoms with van der Waals surface area (Å²) in [5.74, 6) is 0.114. The lowest BCUT2D eigenvalue weighted by Crippen LogP contribution is -2.40. The number of nitrogens with one attached hydrogen (secondary N) is 3. The molecule has 0 aliphatic carbocycles. The summed E-state index contributed by atoms with van der Waals surface area (Å²) in [5.41, 5.74) is 4.14. The normalized spacial score (nSPS) is 17.8. The number of aromatic nitrogens is 1. The molecule has 4 rings (SSSR count). The van der Waals surface area contributed by atoms with Crippen molar-refractivity contribution in [2.45, 2.75) is 32.1 Å². The van der Waals surface area contributed by atoms with Gasteiger partial charge in [0.15, 0.2) is 0 Å². The van der Waals surface area contributed by atoms with Gasteiger partial charge in [0, 0.05) is 35.8 Å². The fraction of sp³-hybridized carbons (Fsp3) is 0.500. The minimum atomic E-state index is 0.00938. The monoisotopic (exact) mass is 354 g/mol. The summed E-state index contributed by atoms with van der Waals surface area (Å²) in [6.07, 6.45) is 7.30. The summed E-state index contributed by atoms with van der Waals surface area (Å²) in [5, 5.41) is 7.10. The number of carbonyl (C=O) groups excluding carboxylic acids is 2. The van der Waals surface area contributed by atoms with Crippen LogP contribution in [0, 0.1) is 0 Å². The largest absolute Gasteiger partial charge is 0.361 e. The van der Waals surface area contributed by atoms with Gasteiger partial charge in [0.2, 0.25) is 5.91 Å². The summed E-state index contributed by atoms with van der Waals surface area (Å²) >= 11 is 0. The van der Waals surface area contributed by atoms with E-state index in [0.29, 0.717) is 19.6 Å². The highest BCUT2D eigenvalue weighted by molar-refractivity contribution is 6.02. The van der Waals surface area contributed by atoms with Crippen molar-refractivity contribution in [3.05, 3.63) is 35.0 Å². The summed E-state index contributed by atoms with van der Waals surface area (Å²) in [6, 6.07) is 3.87. The number of hydrogen-bond donors (Lipinski definition) is 3. The number of likely N-dealkylation sites (tertiary alicyclic amines) is 1. The van der Waals surface area contributed by atoms with Crippen LogP contribution in [0.4, 0.5) is 0 Å². The Hall–Kier alpha value is -2.34. The molecular formula is C20H26N4O2. The first-order valence-corrected chi connectivity index (χ1v) is 9.61. The molecule has 1 saturated heterocycles. The molecule has 0 saturated carbocycles. The van der Waals surface area contributed by atoms with Crippen LogP contribution in [0.1, 0.15) is 40.7 Å². The zero-order valence-corrected chi connectivity index (χ0v) is 15.1. The number of piperidine rings is 1. The third-order valence-corrected chi connectivity index (χ3v) is 5.47. The predicted octanol–water partition coefficient (Wildman–Crippen LogP) is 1.60. The Morgan fingerprint density at radius 1 is 1.19 bits per heavy atom. The number of benzene rings is 1. The molecule has 1 aromatic carbocycles. The van der Waals surface area contributed by atoms with E-state index >= 15 is 0 Å². The fourth-order valence-electron chi connectivity index (χ4n) is 4.15. The van der Waals surface area contributed by atoms with E-state index in [4.69, 9.17) is 0 Å². The maximum atomic E-state index is 12.2. The summed E-state index contributed by atoms with van der Waals surface area (Å²) in [4.78, 5) is 29.8. The van der Waals surface area contributed by atoms with Crippen molar-refractivity contribution in [1.82, 2.24) is 20.5 Å². The molecule has 0 spiro atoms. The van der Waals surface area contributed by atoms with Crippen LogP contribution in [0.15, 0.2) is 18.3 Å². The molecular weight excluding hydrogens is 328 g/mol. The van der Waals surface area contributed by atoms with Crippen LogP contribution in [-0.2, 0) is 17.6 Å². The van der Waals surface area contributed by atoms with Crippen molar-refractivity contribution in [2.75, 3.05) is 32.7 Å². The summed E-state index contributed by atoms with van der Waals surface area (Å²) in [6.45, 7) is 3.87. The lowest BCUT2D eigenvalue weighted by molar-refractivity contribution is -0.122.